The maximum atomic E-state index is 14.5. The first kappa shape index (κ1) is 34.0. The molecule has 9 nitrogen and oxygen atoms in total. The maximum absolute atomic E-state index is 14.5. The largest absolute Gasteiger partial charge is 0.496 e. The smallest absolute Gasteiger partial charge is 0.258 e. The highest BCUT2D eigenvalue weighted by Gasteiger charge is 2.38. The number of hydrogen-bond acceptors (Lipinski definition) is 6. The van der Waals surface area contributed by atoms with Gasteiger partial charge in [0.1, 0.15) is 11.8 Å². The van der Waals surface area contributed by atoms with Crippen molar-refractivity contribution in [1.82, 2.24) is 5.32 Å². The number of hydrogen-bond donors (Lipinski definition) is 1. The molecular formula is C35H31BrClN5O4. The van der Waals surface area contributed by atoms with Crippen molar-refractivity contribution in [2.24, 2.45) is 5.92 Å². The van der Waals surface area contributed by atoms with E-state index in [-0.39, 0.29) is 42.9 Å². The fourth-order valence-corrected chi connectivity index (χ4v) is 5.88. The lowest BCUT2D eigenvalue weighted by molar-refractivity contribution is -0.129. The van der Waals surface area contributed by atoms with Gasteiger partial charge < -0.3 is 19.9 Å². The molecule has 1 N–H and O–H groups in total. The van der Waals surface area contributed by atoms with Crippen molar-refractivity contribution in [3.05, 3.63) is 99.5 Å². The molecule has 0 bridgehead atoms. The van der Waals surface area contributed by atoms with Crippen LogP contribution in [0.2, 0.25) is 0 Å². The van der Waals surface area contributed by atoms with Crippen molar-refractivity contribution in [3.8, 4) is 17.9 Å². The van der Waals surface area contributed by atoms with Crippen LogP contribution in [0.5, 0.6) is 5.75 Å². The van der Waals surface area contributed by atoms with Crippen LogP contribution in [0.25, 0.3) is 10.8 Å². The molecule has 1 aliphatic rings. The molecule has 4 aromatic rings. The predicted molar refractivity (Wildman–Crippen MR) is 182 cm³/mol. The van der Waals surface area contributed by atoms with Gasteiger partial charge in [-0.15, -0.1) is 12.4 Å². The summed E-state index contributed by atoms with van der Waals surface area (Å²) >= 11 is 3.62. The minimum absolute atomic E-state index is 0. The SMILES string of the molecule is CC[C@@H](C)C(=O)N[C@H]1CN(C(=O)c2ccc(C#N)cc2)c2cc(C#N)ccc2N(Cc2c(OC)ccc3c(Br)cccc23)C1=O.Cl. The second-order valence-electron chi connectivity index (χ2n) is 10.8. The Morgan fingerprint density at radius 3 is 2.35 bits per heavy atom. The number of rotatable bonds is 7. The molecule has 234 valence electrons. The van der Waals surface area contributed by atoms with Crippen LogP contribution in [0.3, 0.4) is 0 Å². The zero-order valence-corrected chi connectivity index (χ0v) is 27.8. The first-order valence-corrected chi connectivity index (χ1v) is 15.2. The Labute approximate surface area is 281 Å². The van der Waals surface area contributed by atoms with Crippen LogP contribution >= 0.6 is 28.3 Å². The quantitative estimate of drug-likeness (QED) is 0.235. The normalized spacial score (nSPS) is 14.7. The number of benzene rings is 4. The number of nitrogens with one attached hydrogen (secondary N) is 1. The van der Waals surface area contributed by atoms with E-state index in [1.165, 1.54) is 4.90 Å². The summed E-state index contributed by atoms with van der Waals surface area (Å²) in [5.74, 6) is -0.961. The van der Waals surface area contributed by atoms with Crippen molar-refractivity contribution < 1.29 is 19.1 Å². The van der Waals surface area contributed by atoms with Gasteiger partial charge in [0.05, 0.1) is 54.8 Å². The number of ether oxygens (including phenoxy) is 1. The average molecular weight is 701 g/mol. The number of fused-ring (bicyclic) bond motifs is 2. The number of methoxy groups -OCH3 is 1. The molecule has 1 heterocycles. The molecule has 0 radical (unpaired) electrons. The van der Waals surface area contributed by atoms with Crippen LogP contribution in [0.4, 0.5) is 11.4 Å². The van der Waals surface area contributed by atoms with E-state index in [0.717, 1.165) is 20.8 Å². The summed E-state index contributed by atoms with van der Waals surface area (Å²) in [6, 6.07) is 23.6. The monoisotopic (exact) mass is 699 g/mol. The summed E-state index contributed by atoms with van der Waals surface area (Å²) in [6.07, 6.45) is 0.568. The van der Waals surface area contributed by atoms with E-state index in [0.29, 0.717) is 34.7 Å². The Bertz CT molecular complexity index is 1900. The summed E-state index contributed by atoms with van der Waals surface area (Å²) < 4.78 is 6.62. The van der Waals surface area contributed by atoms with Crippen molar-refractivity contribution in [1.29, 1.82) is 10.5 Å². The van der Waals surface area contributed by atoms with Crippen LogP contribution < -0.4 is 19.9 Å². The zero-order valence-electron chi connectivity index (χ0n) is 25.4. The Balaban J connectivity index is 0.00000480. The molecule has 11 heteroatoms. The number of carbonyl (C=O) groups is 3. The number of carbonyl (C=O) groups excluding carboxylic acids is 3. The molecule has 2 atom stereocenters. The fourth-order valence-electron chi connectivity index (χ4n) is 5.38. The van der Waals surface area contributed by atoms with Crippen molar-refractivity contribution in [2.75, 3.05) is 23.5 Å². The highest BCUT2D eigenvalue weighted by atomic mass is 79.9. The van der Waals surface area contributed by atoms with E-state index in [1.54, 1.807) is 61.4 Å². The maximum Gasteiger partial charge on any atom is 0.258 e. The minimum Gasteiger partial charge on any atom is -0.496 e. The van der Waals surface area contributed by atoms with Crippen LogP contribution in [0.15, 0.2) is 77.3 Å². The highest BCUT2D eigenvalue weighted by molar-refractivity contribution is 9.10. The molecule has 0 unspecified atom stereocenters. The standard InChI is InChI=1S/C35H30BrN5O4.ClH/c1-4-21(2)33(42)39-29-20-41(34(43)24-11-8-22(17-37)9-12-24)31-16-23(18-38)10-14-30(31)40(35(29)44)19-27-25-6-5-7-28(36)26(25)13-15-32(27)45-3;/h5-16,21,29H,4,19-20H2,1-3H3,(H,39,42);1H/t21-,29+;/m1./s1. The van der Waals surface area contributed by atoms with E-state index in [9.17, 15) is 24.9 Å². The van der Waals surface area contributed by atoms with E-state index in [2.05, 4.69) is 27.3 Å². The Kier molecular flexibility index (Phi) is 10.7. The summed E-state index contributed by atoms with van der Waals surface area (Å²) in [7, 11) is 1.56. The molecule has 46 heavy (non-hydrogen) atoms. The third kappa shape index (κ3) is 6.55. The average Bonchev–Trinajstić information content (AvgIpc) is 3.18. The molecule has 0 fully saturated rings. The minimum atomic E-state index is -1.10. The number of nitriles is 2. The Morgan fingerprint density at radius 2 is 1.70 bits per heavy atom. The molecule has 3 amide bonds. The predicted octanol–water partition coefficient (Wildman–Crippen LogP) is 6.50. The van der Waals surface area contributed by atoms with Gasteiger partial charge in [-0.2, -0.15) is 10.5 Å². The zero-order chi connectivity index (χ0) is 32.2. The van der Waals surface area contributed by atoms with Gasteiger partial charge in [-0.1, -0.05) is 41.9 Å². The van der Waals surface area contributed by atoms with E-state index < -0.39 is 17.9 Å². The van der Waals surface area contributed by atoms with Gasteiger partial charge in [-0.25, -0.2) is 0 Å². The number of anilines is 2. The van der Waals surface area contributed by atoms with Gasteiger partial charge in [-0.3, -0.25) is 14.4 Å². The summed E-state index contributed by atoms with van der Waals surface area (Å²) in [5.41, 5.74) is 2.46. The van der Waals surface area contributed by atoms with Crippen LogP contribution in [-0.4, -0.2) is 37.4 Å². The molecule has 0 spiro atoms. The van der Waals surface area contributed by atoms with Gasteiger partial charge in [-0.05, 0) is 77.9 Å². The van der Waals surface area contributed by atoms with Crippen LogP contribution in [-0.2, 0) is 16.1 Å². The second kappa shape index (κ2) is 14.5. The number of amides is 3. The lowest BCUT2D eigenvalue weighted by Crippen LogP contribution is -2.53. The lowest BCUT2D eigenvalue weighted by Gasteiger charge is -2.27. The third-order valence-corrected chi connectivity index (χ3v) is 8.80. The third-order valence-electron chi connectivity index (χ3n) is 8.11. The summed E-state index contributed by atoms with van der Waals surface area (Å²) in [4.78, 5) is 44.8. The van der Waals surface area contributed by atoms with E-state index in [4.69, 9.17) is 4.74 Å². The first-order valence-electron chi connectivity index (χ1n) is 14.4. The van der Waals surface area contributed by atoms with Crippen LogP contribution in [0.1, 0.15) is 47.3 Å². The fraction of sp³-hybridized carbons (Fsp3) is 0.229. The molecule has 0 aliphatic carbocycles. The van der Waals surface area contributed by atoms with Gasteiger partial charge >= 0.3 is 0 Å². The van der Waals surface area contributed by atoms with Gasteiger partial charge in [0, 0.05) is 21.5 Å². The Morgan fingerprint density at radius 1 is 1.00 bits per heavy atom. The number of nitrogens with zero attached hydrogens (tertiary/aromatic N) is 4. The molecule has 4 aromatic carbocycles. The van der Waals surface area contributed by atoms with Crippen molar-refractivity contribution in [3.63, 3.8) is 0 Å². The van der Waals surface area contributed by atoms with Gasteiger partial charge in [0.2, 0.25) is 5.91 Å². The number of halogens is 2. The Hall–Kier alpha value is -4.90. The van der Waals surface area contributed by atoms with Crippen molar-refractivity contribution >= 4 is 68.2 Å². The van der Waals surface area contributed by atoms with Gasteiger partial charge in [0.15, 0.2) is 0 Å². The first-order chi connectivity index (χ1) is 21.7. The topological polar surface area (TPSA) is 127 Å². The van der Waals surface area contributed by atoms with Crippen LogP contribution in [0, 0.1) is 28.6 Å². The highest BCUT2D eigenvalue weighted by Crippen LogP contribution is 2.39. The molecular weight excluding hydrogens is 670 g/mol. The molecule has 0 saturated carbocycles. The summed E-state index contributed by atoms with van der Waals surface area (Å²) in [6.45, 7) is 3.55. The second-order valence-corrected chi connectivity index (χ2v) is 11.7. The van der Waals surface area contributed by atoms with E-state index in [1.807, 2.05) is 43.3 Å². The van der Waals surface area contributed by atoms with E-state index >= 15 is 0 Å². The van der Waals surface area contributed by atoms with Gasteiger partial charge in [0.25, 0.3) is 11.8 Å². The molecule has 0 aromatic heterocycles. The molecule has 1 aliphatic heterocycles. The summed E-state index contributed by atoms with van der Waals surface area (Å²) in [5, 5.41) is 23.7. The molecule has 5 rings (SSSR count). The molecule has 0 saturated heterocycles. The van der Waals surface area contributed by atoms with Crippen molar-refractivity contribution in [2.45, 2.75) is 32.9 Å². The lowest BCUT2D eigenvalue weighted by atomic mass is 10.0.